The zero-order valence-corrected chi connectivity index (χ0v) is 11.3. The molecule has 2 N–H and O–H groups in total. The summed E-state index contributed by atoms with van der Waals surface area (Å²) in [4.78, 5) is 12.5. The highest BCUT2D eigenvalue weighted by Crippen LogP contribution is 2.15. The van der Waals surface area contributed by atoms with Crippen molar-refractivity contribution in [1.29, 1.82) is 0 Å². The van der Waals surface area contributed by atoms with E-state index in [4.69, 9.17) is 9.84 Å². The first-order valence-corrected chi connectivity index (χ1v) is 6.64. The summed E-state index contributed by atoms with van der Waals surface area (Å²) in [5.41, 5.74) is 0.649. The van der Waals surface area contributed by atoms with Crippen LogP contribution >= 0.6 is 11.3 Å². The molecule has 0 fully saturated rings. The Balaban J connectivity index is 2.59. The number of rotatable bonds is 5. The maximum atomic E-state index is 11.9. The van der Waals surface area contributed by atoms with Crippen LogP contribution in [0.3, 0.4) is 0 Å². The van der Waals surface area contributed by atoms with Gasteiger partial charge in [0.05, 0.1) is 6.10 Å². The molecule has 0 aliphatic carbocycles. The summed E-state index contributed by atoms with van der Waals surface area (Å²) < 4.78 is 5.33. The van der Waals surface area contributed by atoms with Crippen LogP contribution < -0.4 is 5.32 Å². The number of carbonyl (C=O) groups is 1. The molecule has 0 aliphatic rings. The van der Waals surface area contributed by atoms with Gasteiger partial charge >= 0.3 is 0 Å². The van der Waals surface area contributed by atoms with E-state index in [1.54, 1.807) is 6.07 Å². The highest BCUT2D eigenvalue weighted by atomic mass is 32.1. The second kappa shape index (κ2) is 7.88. The van der Waals surface area contributed by atoms with E-state index in [9.17, 15) is 4.79 Å². The molecule has 1 amide bonds. The molecule has 1 heterocycles. The Morgan fingerprint density at radius 3 is 3.11 bits per heavy atom. The van der Waals surface area contributed by atoms with Gasteiger partial charge in [0.1, 0.15) is 11.5 Å². The van der Waals surface area contributed by atoms with E-state index in [0.29, 0.717) is 23.6 Å². The van der Waals surface area contributed by atoms with E-state index in [0.717, 1.165) is 0 Å². The average Bonchev–Trinajstić information content (AvgIpc) is 2.82. The molecule has 98 valence electrons. The molecule has 0 saturated carbocycles. The number of ether oxygens (including phenoxy) is 1. The Labute approximate surface area is 111 Å². The third-order valence-electron chi connectivity index (χ3n) is 2.17. The maximum absolute atomic E-state index is 11.9. The van der Waals surface area contributed by atoms with Gasteiger partial charge in [-0.1, -0.05) is 11.8 Å². The van der Waals surface area contributed by atoms with Crippen molar-refractivity contribution in [3.05, 3.63) is 21.9 Å². The number of hydrogen-bond donors (Lipinski definition) is 2. The second-order valence-corrected chi connectivity index (χ2v) is 4.52. The van der Waals surface area contributed by atoms with Crippen LogP contribution in [0.15, 0.2) is 11.4 Å². The number of nitrogens with one attached hydrogen (secondary N) is 1. The zero-order valence-electron chi connectivity index (χ0n) is 10.5. The van der Waals surface area contributed by atoms with E-state index in [1.807, 2.05) is 19.2 Å². The molecule has 0 aromatic carbocycles. The molecule has 0 spiro atoms. The van der Waals surface area contributed by atoms with Gasteiger partial charge in [0.15, 0.2) is 0 Å². The van der Waals surface area contributed by atoms with Crippen LogP contribution in [0.5, 0.6) is 0 Å². The molecule has 1 atom stereocenters. The predicted molar refractivity (Wildman–Crippen MR) is 71.7 cm³/mol. The number of amides is 1. The normalized spacial score (nSPS) is 11.5. The SMILES string of the molecule is CCOC(C)CNC(=O)c1sccc1C#CCO. The zero-order chi connectivity index (χ0) is 13.4. The van der Waals surface area contributed by atoms with Gasteiger partial charge in [-0.05, 0) is 25.3 Å². The van der Waals surface area contributed by atoms with E-state index in [-0.39, 0.29) is 18.6 Å². The van der Waals surface area contributed by atoms with E-state index >= 15 is 0 Å². The van der Waals surface area contributed by atoms with Gasteiger partial charge in [-0.25, -0.2) is 0 Å². The van der Waals surface area contributed by atoms with E-state index in [1.165, 1.54) is 11.3 Å². The van der Waals surface area contributed by atoms with Crippen molar-refractivity contribution in [1.82, 2.24) is 5.32 Å². The second-order valence-electron chi connectivity index (χ2n) is 3.60. The van der Waals surface area contributed by atoms with Crippen molar-refractivity contribution < 1.29 is 14.6 Å². The van der Waals surface area contributed by atoms with Crippen molar-refractivity contribution in [3.63, 3.8) is 0 Å². The van der Waals surface area contributed by atoms with Crippen molar-refractivity contribution in [2.24, 2.45) is 0 Å². The molecule has 18 heavy (non-hydrogen) atoms. The summed E-state index contributed by atoms with van der Waals surface area (Å²) >= 11 is 1.34. The quantitative estimate of drug-likeness (QED) is 0.789. The number of thiophene rings is 1. The molecule has 0 radical (unpaired) electrons. The summed E-state index contributed by atoms with van der Waals surface area (Å²) in [5.74, 6) is 5.14. The molecule has 0 saturated heterocycles. The van der Waals surface area contributed by atoms with Crippen LogP contribution in [-0.4, -0.2) is 36.9 Å². The number of carbonyl (C=O) groups excluding carboxylic acids is 1. The standard InChI is InChI=1S/C13H17NO3S/c1-3-17-10(2)9-14-13(16)12-11(5-4-7-15)6-8-18-12/h6,8,10,15H,3,7,9H2,1-2H3,(H,14,16). The first kappa shape index (κ1) is 14.7. The number of aliphatic hydroxyl groups is 1. The van der Waals surface area contributed by atoms with E-state index in [2.05, 4.69) is 17.2 Å². The lowest BCUT2D eigenvalue weighted by atomic mass is 10.2. The Morgan fingerprint density at radius 2 is 2.44 bits per heavy atom. The fourth-order valence-electron chi connectivity index (χ4n) is 1.38. The average molecular weight is 267 g/mol. The minimum absolute atomic E-state index is 0.00844. The Bertz CT molecular complexity index is 445. The predicted octanol–water partition coefficient (Wildman–Crippen LogP) is 1.25. The van der Waals surface area contributed by atoms with Crippen molar-refractivity contribution >= 4 is 17.2 Å². The molecule has 0 bridgehead atoms. The summed E-state index contributed by atoms with van der Waals surface area (Å²) in [6, 6.07) is 1.77. The van der Waals surface area contributed by atoms with E-state index < -0.39 is 0 Å². The summed E-state index contributed by atoms with van der Waals surface area (Å²) in [6.07, 6.45) is -0.00844. The summed E-state index contributed by atoms with van der Waals surface area (Å²) in [7, 11) is 0. The molecule has 0 aliphatic heterocycles. The molecule has 1 aromatic rings. The van der Waals surface area contributed by atoms with Gasteiger partial charge in [0.2, 0.25) is 0 Å². The first-order valence-electron chi connectivity index (χ1n) is 5.76. The molecule has 1 rings (SSSR count). The lowest BCUT2D eigenvalue weighted by Crippen LogP contribution is -2.32. The van der Waals surface area contributed by atoms with Crippen LogP contribution in [-0.2, 0) is 4.74 Å². The van der Waals surface area contributed by atoms with Crippen molar-refractivity contribution in [3.8, 4) is 11.8 Å². The minimum Gasteiger partial charge on any atom is -0.384 e. The topological polar surface area (TPSA) is 58.6 Å². The van der Waals surface area contributed by atoms with Gasteiger partial charge in [-0.15, -0.1) is 11.3 Å². The van der Waals surface area contributed by atoms with Crippen LogP contribution in [0, 0.1) is 11.8 Å². The van der Waals surface area contributed by atoms with Gasteiger partial charge in [-0.3, -0.25) is 4.79 Å². The maximum Gasteiger partial charge on any atom is 0.262 e. The summed E-state index contributed by atoms with van der Waals surface area (Å²) in [5, 5.41) is 13.3. The Hall–Kier alpha value is -1.35. The third-order valence-corrected chi connectivity index (χ3v) is 3.09. The monoisotopic (exact) mass is 267 g/mol. The molecular formula is C13H17NO3S. The van der Waals surface area contributed by atoms with Crippen LogP contribution in [0.1, 0.15) is 29.1 Å². The number of aliphatic hydroxyl groups excluding tert-OH is 1. The fraction of sp³-hybridized carbons (Fsp3) is 0.462. The fourth-order valence-corrected chi connectivity index (χ4v) is 2.14. The highest BCUT2D eigenvalue weighted by Gasteiger charge is 2.12. The Kier molecular flexibility index (Phi) is 6.44. The van der Waals surface area contributed by atoms with Crippen molar-refractivity contribution in [2.75, 3.05) is 19.8 Å². The minimum atomic E-state index is -0.210. The molecule has 1 unspecified atom stereocenters. The van der Waals surface area contributed by atoms with Crippen LogP contribution in [0.25, 0.3) is 0 Å². The van der Waals surface area contributed by atoms with Gasteiger partial charge < -0.3 is 15.2 Å². The Morgan fingerprint density at radius 1 is 1.67 bits per heavy atom. The first-order chi connectivity index (χ1) is 8.69. The van der Waals surface area contributed by atoms with Gasteiger partial charge in [0.25, 0.3) is 5.91 Å². The summed E-state index contributed by atoms with van der Waals surface area (Å²) in [6.45, 7) is 4.71. The molecule has 5 heteroatoms. The van der Waals surface area contributed by atoms with Gasteiger partial charge in [0, 0.05) is 18.7 Å². The van der Waals surface area contributed by atoms with Crippen LogP contribution in [0.2, 0.25) is 0 Å². The molecule has 4 nitrogen and oxygen atoms in total. The van der Waals surface area contributed by atoms with Crippen LogP contribution in [0.4, 0.5) is 0 Å². The van der Waals surface area contributed by atoms with Gasteiger partial charge in [-0.2, -0.15) is 0 Å². The highest BCUT2D eigenvalue weighted by molar-refractivity contribution is 7.12. The smallest absolute Gasteiger partial charge is 0.262 e. The lowest BCUT2D eigenvalue weighted by Gasteiger charge is -2.12. The molecular weight excluding hydrogens is 250 g/mol. The lowest BCUT2D eigenvalue weighted by molar-refractivity contribution is 0.0696. The number of hydrogen-bond acceptors (Lipinski definition) is 4. The van der Waals surface area contributed by atoms with Crippen molar-refractivity contribution in [2.45, 2.75) is 20.0 Å². The largest absolute Gasteiger partial charge is 0.384 e. The third kappa shape index (κ3) is 4.49. The molecule has 1 aromatic heterocycles.